The minimum atomic E-state index is -0.207. The minimum absolute atomic E-state index is 0.107. The van der Waals surface area contributed by atoms with Crippen LogP contribution in [0.4, 0.5) is 17.1 Å². The highest BCUT2D eigenvalue weighted by atomic mass is 16.2. The van der Waals surface area contributed by atoms with E-state index in [0.717, 1.165) is 39.6 Å². The molecule has 1 heterocycles. The number of amides is 2. The number of carbonyl (C=O) groups excluding carboxylic acids is 2. The van der Waals surface area contributed by atoms with Crippen molar-refractivity contribution in [1.82, 2.24) is 0 Å². The van der Waals surface area contributed by atoms with E-state index < -0.39 is 0 Å². The second kappa shape index (κ2) is 8.21. The van der Waals surface area contributed by atoms with Gasteiger partial charge in [0.15, 0.2) is 0 Å². The Balaban J connectivity index is 1.74. The van der Waals surface area contributed by atoms with Crippen LogP contribution in [0.2, 0.25) is 0 Å². The molecule has 0 saturated carbocycles. The topological polar surface area (TPSA) is 82.6 Å². The molecule has 0 radical (unpaired) electrons. The molecule has 0 unspecified atom stereocenters. The maximum Gasteiger partial charge on any atom is 0.221 e. The van der Waals surface area contributed by atoms with Crippen LogP contribution in [-0.2, 0) is 9.59 Å². The monoisotopic (exact) mass is 398 g/mol. The first kappa shape index (κ1) is 19.4. The lowest BCUT2D eigenvalue weighted by Gasteiger charge is -2.26. The zero-order chi connectivity index (χ0) is 21.1. The number of anilines is 3. The summed E-state index contributed by atoms with van der Waals surface area (Å²) >= 11 is 0. The normalized spacial score (nSPS) is 14.7. The molecule has 0 fully saturated rings. The molecule has 0 saturated heterocycles. The van der Waals surface area contributed by atoms with Crippen molar-refractivity contribution < 1.29 is 9.59 Å². The molecule has 4 rings (SSSR count). The van der Waals surface area contributed by atoms with Gasteiger partial charge >= 0.3 is 0 Å². The molecule has 6 nitrogen and oxygen atoms in total. The molecular formula is C24H22N4O2. The Morgan fingerprint density at radius 1 is 0.833 bits per heavy atom. The molecule has 3 aromatic carbocycles. The van der Waals surface area contributed by atoms with Crippen molar-refractivity contribution in [2.45, 2.75) is 19.9 Å². The summed E-state index contributed by atoms with van der Waals surface area (Å²) in [7, 11) is 0. The maximum absolute atomic E-state index is 11.5. The molecule has 1 aliphatic rings. The zero-order valence-electron chi connectivity index (χ0n) is 16.8. The van der Waals surface area contributed by atoms with Crippen LogP contribution in [-0.4, -0.2) is 17.6 Å². The fourth-order valence-corrected chi connectivity index (χ4v) is 3.49. The summed E-state index contributed by atoms with van der Waals surface area (Å²) in [6.45, 7) is 2.98. The number of nitrogens with one attached hydrogen (secondary N) is 3. The molecule has 0 aromatic heterocycles. The van der Waals surface area contributed by atoms with Crippen molar-refractivity contribution in [2.24, 2.45) is 4.99 Å². The first-order chi connectivity index (χ1) is 14.5. The van der Waals surface area contributed by atoms with Gasteiger partial charge in [-0.15, -0.1) is 0 Å². The Morgan fingerprint density at radius 3 is 2.13 bits per heavy atom. The van der Waals surface area contributed by atoms with Crippen LogP contribution in [0.5, 0.6) is 0 Å². The van der Waals surface area contributed by atoms with Gasteiger partial charge in [0.25, 0.3) is 0 Å². The van der Waals surface area contributed by atoms with Crippen LogP contribution in [0.15, 0.2) is 77.8 Å². The average molecular weight is 398 g/mol. The molecule has 6 heteroatoms. The Bertz CT molecular complexity index is 1120. The summed E-state index contributed by atoms with van der Waals surface area (Å²) in [5.74, 6) is 0.528. The highest BCUT2D eigenvalue weighted by Crippen LogP contribution is 2.37. The molecule has 0 bridgehead atoms. The summed E-state index contributed by atoms with van der Waals surface area (Å²) < 4.78 is 0. The predicted molar refractivity (Wildman–Crippen MR) is 120 cm³/mol. The third kappa shape index (κ3) is 4.22. The lowest BCUT2D eigenvalue weighted by molar-refractivity contribution is -0.115. The third-order valence-electron chi connectivity index (χ3n) is 4.77. The van der Waals surface area contributed by atoms with Crippen LogP contribution >= 0.6 is 0 Å². The summed E-state index contributed by atoms with van der Waals surface area (Å²) in [6, 6.07) is 23.2. The predicted octanol–water partition coefficient (Wildman–Crippen LogP) is 4.57. The van der Waals surface area contributed by atoms with Crippen LogP contribution in [0.1, 0.15) is 36.6 Å². The van der Waals surface area contributed by atoms with E-state index in [-0.39, 0.29) is 17.9 Å². The zero-order valence-corrected chi connectivity index (χ0v) is 16.8. The van der Waals surface area contributed by atoms with Crippen LogP contribution in [0, 0.1) is 0 Å². The van der Waals surface area contributed by atoms with E-state index in [9.17, 15) is 9.59 Å². The number of carbonyl (C=O) groups is 2. The van der Waals surface area contributed by atoms with Crippen LogP contribution in [0.25, 0.3) is 0 Å². The lowest BCUT2D eigenvalue weighted by atomic mass is 9.95. The Hall–Kier alpha value is -3.93. The lowest BCUT2D eigenvalue weighted by Crippen LogP contribution is -2.22. The molecule has 150 valence electrons. The number of hydrogen-bond donors (Lipinski definition) is 3. The Morgan fingerprint density at radius 2 is 1.47 bits per heavy atom. The second-order valence-electron chi connectivity index (χ2n) is 7.16. The van der Waals surface area contributed by atoms with Gasteiger partial charge in [-0.05, 0) is 48.0 Å². The van der Waals surface area contributed by atoms with Gasteiger partial charge in [0.1, 0.15) is 11.9 Å². The van der Waals surface area contributed by atoms with Crippen LogP contribution in [0.3, 0.4) is 0 Å². The van der Waals surface area contributed by atoms with Crippen molar-refractivity contribution in [2.75, 3.05) is 16.0 Å². The van der Waals surface area contributed by atoms with Gasteiger partial charge in [-0.3, -0.25) is 14.6 Å². The van der Waals surface area contributed by atoms with Crippen molar-refractivity contribution in [3.8, 4) is 0 Å². The van der Waals surface area contributed by atoms with Gasteiger partial charge in [0.2, 0.25) is 11.8 Å². The molecule has 2 amide bonds. The van der Waals surface area contributed by atoms with Crippen LogP contribution < -0.4 is 16.0 Å². The first-order valence-corrected chi connectivity index (χ1v) is 9.69. The average Bonchev–Trinajstić information content (AvgIpc) is 2.73. The molecule has 0 spiro atoms. The van der Waals surface area contributed by atoms with Gasteiger partial charge in [0.05, 0.1) is 0 Å². The molecule has 1 aliphatic heterocycles. The minimum Gasteiger partial charge on any atom is -0.340 e. The van der Waals surface area contributed by atoms with Crippen molar-refractivity contribution in [3.63, 3.8) is 0 Å². The Labute approximate surface area is 175 Å². The number of hydrogen-bond acceptors (Lipinski definition) is 4. The second-order valence-corrected chi connectivity index (χ2v) is 7.16. The van der Waals surface area contributed by atoms with Gasteiger partial charge in [-0.25, -0.2) is 0 Å². The van der Waals surface area contributed by atoms with Crippen molar-refractivity contribution in [1.29, 1.82) is 0 Å². The van der Waals surface area contributed by atoms with Gasteiger partial charge in [-0.2, -0.15) is 0 Å². The number of aliphatic imine (C=N–C) groups is 1. The van der Waals surface area contributed by atoms with E-state index in [2.05, 4.69) is 16.0 Å². The number of fused-ring (bicyclic) bond motifs is 1. The standard InChI is InChI=1S/C24H22N4O2/c1-15(29)25-19-10-8-18(9-11-19)24-27-22-13-12-20(26-16(2)30)14-21(22)23(28-24)17-6-4-3-5-7-17/h3-14,23H,1-2H3,(H,25,29)(H,26,30)(H,27,28)/t23-/m1/s1. The summed E-state index contributed by atoms with van der Waals surface area (Å²) in [5, 5.41) is 9.02. The molecule has 3 N–H and O–H groups in total. The van der Waals surface area contributed by atoms with Gasteiger partial charge < -0.3 is 16.0 Å². The smallest absolute Gasteiger partial charge is 0.221 e. The van der Waals surface area contributed by atoms with Gasteiger partial charge in [-0.1, -0.05) is 30.3 Å². The Kier molecular flexibility index (Phi) is 5.30. The van der Waals surface area contributed by atoms with E-state index in [4.69, 9.17) is 4.99 Å². The van der Waals surface area contributed by atoms with E-state index in [0.29, 0.717) is 0 Å². The number of benzene rings is 3. The molecule has 1 atom stereocenters. The van der Waals surface area contributed by atoms with Crippen molar-refractivity contribution >= 4 is 34.7 Å². The molecule has 3 aromatic rings. The number of nitrogens with zero attached hydrogens (tertiary/aromatic N) is 1. The SMILES string of the molecule is CC(=O)Nc1ccc(C2=N[C@H](c3ccccc3)c3cc(NC(C)=O)ccc3N2)cc1. The third-order valence-corrected chi connectivity index (χ3v) is 4.77. The van der Waals surface area contributed by atoms with E-state index in [1.807, 2.05) is 72.8 Å². The first-order valence-electron chi connectivity index (χ1n) is 9.69. The molecule has 0 aliphatic carbocycles. The quantitative estimate of drug-likeness (QED) is 0.602. The van der Waals surface area contributed by atoms with Gasteiger partial charge in [0, 0.05) is 42.0 Å². The summed E-state index contributed by atoms with van der Waals surface area (Å²) in [5.41, 5.74) is 5.39. The maximum atomic E-state index is 11.5. The van der Waals surface area contributed by atoms with E-state index in [1.165, 1.54) is 13.8 Å². The molecule has 30 heavy (non-hydrogen) atoms. The number of amidine groups is 1. The van der Waals surface area contributed by atoms with E-state index >= 15 is 0 Å². The fraction of sp³-hybridized carbons (Fsp3) is 0.125. The molecular weight excluding hydrogens is 376 g/mol. The van der Waals surface area contributed by atoms with Crippen molar-refractivity contribution in [3.05, 3.63) is 89.5 Å². The summed E-state index contributed by atoms with van der Waals surface area (Å²) in [4.78, 5) is 27.7. The highest BCUT2D eigenvalue weighted by molar-refractivity contribution is 6.10. The van der Waals surface area contributed by atoms with E-state index in [1.54, 1.807) is 0 Å². The summed E-state index contributed by atoms with van der Waals surface area (Å²) in [6.07, 6.45) is 0. The highest BCUT2D eigenvalue weighted by Gasteiger charge is 2.24. The largest absolute Gasteiger partial charge is 0.340 e. The number of rotatable bonds is 4. The fourth-order valence-electron chi connectivity index (χ4n) is 3.49.